The Labute approximate surface area is 163 Å². The third kappa shape index (κ3) is 5.27. The number of rotatable bonds is 6. The van der Waals surface area contributed by atoms with E-state index in [4.69, 9.17) is 0 Å². The van der Waals surface area contributed by atoms with Crippen molar-refractivity contribution in [2.24, 2.45) is 0 Å². The van der Waals surface area contributed by atoms with Crippen LogP contribution in [0.3, 0.4) is 0 Å². The van der Waals surface area contributed by atoms with Gasteiger partial charge in [0.15, 0.2) is 0 Å². The zero-order valence-corrected chi connectivity index (χ0v) is 15.9. The van der Waals surface area contributed by atoms with Gasteiger partial charge in [-0.25, -0.2) is 13.2 Å². The fourth-order valence-corrected chi connectivity index (χ4v) is 3.44. The fourth-order valence-electron chi connectivity index (χ4n) is 2.40. The van der Waals surface area contributed by atoms with E-state index >= 15 is 0 Å². The third-order valence-corrected chi connectivity index (χ3v) is 5.12. The van der Waals surface area contributed by atoms with Gasteiger partial charge in [0.2, 0.25) is 0 Å². The molecule has 0 spiro atoms. The van der Waals surface area contributed by atoms with E-state index in [1.54, 1.807) is 30.7 Å². The van der Waals surface area contributed by atoms with Crippen molar-refractivity contribution >= 4 is 27.4 Å². The molecule has 144 valence electrons. The standard InChI is InChI=1S/C19H19N5O3S/c1-14-9-17(13-21-10-14)24-28(26,27)18-6-4-16(5-7-18)23-19(25)22-12-15-3-2-8-20-11-15/h2-11,13,24H,12H2,1H3,(H2,22,23,25). The number of nitrogens with one attached hydrogen (secondary N) is 3. The Morgan fingerprint density at radius 2 is 1.79 bits per heavy atom. The molecule has 3 N–H and O–H groups in total. The molecule has 9 heteroatoms. The zero-order chi connectivity index (χ0) is 20.0. The molecule has 0 aliphatic carbocycles. The van der Waals surface area contributed by atoms with Crippen LogP contribution in [0.1, 0.15) is 11.1 Å². The lowest BCUT2D eigenvalue weighted by molar-refractivity contribution is 0.251. The van der Waals surface area contributed by atoms with Gasteiger partial charge in [-0.2, -0.15) is 0 Å². The molecule has 0 saturated carbocycles. The van der Waals surface area contributed by atoms with Gasteiger partial charge in [0.05, 0.1) is 16.8 Å². The van der Waals surface area contributed by atoms with E-state index in [1.807, 2.05) is 13.0 Å². The number of aromatic nitrogens is 2. The number of sulfonamides is 1. The summed E-state index contributed by atoms with van der Waals surface area (Å²) in [4.78, 5) is 20.0. The summed E-state index contributed by atoms with van der Waals surface area (Å²) >= 11 is 0. The SMILES string of the molecule is Cc1cncc(NS(=O)(=O)c2ccc(NC(=O)NCc3cccnc3)cc2)c1. The lowest BCUT2D eigenvalue weighted by Crippen LogP contribution is -2.28. The number of hydrogen-bond acceptors (Lipinski definition) is 5. The number of carbonyl (C=O) groups is 1. The lowest BCUT2D eigenvalue weighted by Gasteiger charge is -2.10. The van der Waals surface area contributed by atoms with Crippen LogP contribution < -0.4 is 15.4 Å². The van der Waals surface area contributed by atoms with Crippen LogP contribution in [0, 0.1) is 6.92 Å². The second kappa shape index (κ2) is 8.49. The minimum Gasteiger partial charge on any atom is -0.334 e. The lowest BCUT2D eigenvalue weighted by atomic mass is 10.3. The molecule has 28 heavy (non-hydrogen) atoms. The first-order valence-corrected chi connectivity index (χ1v) is 9.89. The van der Waals surface area contributed by atoms with E-state index in [-0.39, 0.29) is 4.90 Å². The second-order valence-electron chi connectivity index (χ2n) is 6.05. The highest BCUT2D eigenvalue weighted by Crippen LogP contribution is 2.18. The number of nitrogens with zero attached hydrogens (tertiary/aromatic N) is 2. The summed E-state index contributed by atoms with van der Waals surface area (Å²) in [6, 6.07) is 10.8. The Kier molecular flexibility index (Phi) is 5.85. The summed E-state index contributed by atoms with van der Waals surface area (Å²) in [6.07, 6.45) is 6.39. The number of amides is 2. The first kappa shape index (κ1) is 19.3. The molecule has 0 fully saturated rings. The quantitative estimate of drug-likeness (QED) is 0.592. The molecular weight excluding hydrogens is 378 g/mol. The molecule has 0 atom stereocenters. The van der Waals surface area contributed by atoms with Crippen molar-refractivity contribution < 1.29 is 13.2 Å². The molecule has 8 nitrogen and oxygen atoms in total. The van der Waals surface area contributed by atoms with E-state index in [1.165, 1.54) is 30.5 Å². The minimum absolute atomic E-state index is 0.0790. The van der Waals surface area contributed by atoms with E-state index in [0.717, 1.165) is 11.1 Å². The molecular formula is C19H19N5O3S. The number of urea groups is 1. The maximum absolute atomic E-state index is 12.5. The van der Waals surface area contributed by atoms with Crippen LogP contribution in [0.25, 0.3) is 0 Å². The fraction of sp³-hybridized carbons (Fsp3) is 0.105. The molecule has 1 aromatic carbocycles. The molecule has 0 aliphatic heterocycles. The Morgan fingerprint density at radius 3 is 2.46 bits per heavy atom. The smallest absolute Gasteiger partial charge is 0.319 e. The molecule has 0 unspecified atom stereocenters. The topological polar surface area (TPSA) is 113 Å². The molecule has 0 saturated heterocycles. The van der Waals surface area contributed by atoms with E-state index < -0.39 is 16.1 Å². The maximum atomic E-state index is 12.5. The molecule has 0 radical (unpaired) electrons. The largest absolute Gasteiger partial charge is 0.334 e. The van der Waals surface area contributed by atoms with Crippen molar-refractivity contribution in [2.75, 3.05) is 10.0 Å². The summed E-state index contributed by atoms with van der Waals surface area (Å²) in [7, 11) is -3.75. The molecule has 3 rings (SSSR count). The Hall–Kier alpha value is -3.46. The second-order valence-corrected chi connectivity index (χ2v) is 7.73. The molecule has 0 bridgehead atoms. The van der Waals surface area contributed by atoms with Gasteiger partial charge in [-0.1, -0.05) is 6.07 Å². The van der Waals surface area contributed by atoms with Crippen LogP contribution >= 0.6 is 0 Å². The average molecular weight is 397 g/mol. The Bertz CT molecular complexity index is 1050. The summed E-state index contributed by atoms with van der Waals surface area (Å²) in [5, 5.41) is 5.35. The maximum Gasteiger partial charge on any atom is 0.319 e. The van der Waals surface area contributed by atoms with Crippen LogP contribution in [0.4, 0.5) is 16.2 Å². The van der Waals surface area contributed by atoms with E-state index in [0.29, 0.717) is 17.9 Å². The van der Waals surface area contributed by atoms with E-state index in [9.17, 15) is 13.2 Å². The van der Waals surface area contributed by atoms with Gasteiger partial charge in [0.25, 0.3) is 10.0 Å². The van der Waals surface area contributed by atoms with Gasteiger partial charge >= 0.3 is 6.03 Å². The van der Waals surface area contributed by atoms with Crippen molar-refractivity contribution in [3.05, 3.63) is 78.4 Å². The van der Waals surface area contributed by atoms with Gasteiger partial charge in [0.1, 0.15) is 0 Å². The van der Waals surface area contributed by atoms with Crippen molar-refractivity contribution in [3.8, 4) is 0 Å². The Morgan fingerprint density at radius 1 is 1.00 bits per heavy atom. The minimum atomic E-state index is -3.75. The van der Waals surface area contributed by atoms with Gasteiger partial charge in [-0.3, -0.25) is 14.7 Å². The van der Waals surface area contributed by atoms with Crippen molar-refractivity contribution in [1.29, 1.82) is 0 Å². The number of anilines is 2. The molecule has 2 amide bonds. The number of carbonyl (C=O) groups excluding carboxylic acids is 1. The van der Waals surface area contributed by atoms with Gasteiger partial charge in [0, 0.05) is 30.8 Å². The van der Waals surface area contributed by atoms with Crippen molar-refractivity contribution in [1.82, 2.24) is 15.3 Å². The monoisotopic (exact) mass is 397 g/mol. The first-order chi connectivity index (χ1) is 13.4. The predicted molar refractivity (Wildman–Crippen MR) is 106 cm³/mol. The molecule has 3 aromatic rings. The van der Waals surface area contributed by atoms with Crippen molar-refractivity contribution in [3.63, 3.8) is 0 Å². The van der Waals surface area contributed by atoms with Crippen LogP contribution in [0.5, 0.6) is 0 Å². The molecule has 0 aliphatic rings. The highest BCUT2D eigenvalue weighted by atomic mass is 32.2. The number of hydrogen-bond donors (Lipinski definition) is 3. The Balaban J connectivity index is 1.60. The van der Waals surface area contributed by atoms with E-state index in [2.05, 4.69) is 25.3 Å². The summed E-state index contributed by atoms with van der Waals surface area (Å²) in [6.45, 7) is 2.16. The van der Waals surface area contributed by atoms with Crippen LogP contribution in [0.15, 0.2) is 72.1 Å². The number of pyridine rings is 2. The van der Waals surface area contributed by atoms with Crippen molar-refractivity contribution in [2.45, 2.75) is 18.4 Å². The number of benzene rings is 1. The number of aryl methyl sites for hydroxylation is 1. The van der Waals surface area contributed by atoms with Crippen LogP contribution in [-0.4, -0.2) is 24.4 Å². The van der Waals surface area contributed by atoms with Crippen LogP contribution in [-0.2, 0) is 16.6 Å². The zero-order valence-electron chi connectivity index (χ0n) is 15.1. The van der Waals surface area contributed by atoms with Crippen LogP contribution in [0.2, 0.25) is 0 Å². The van der Waals surface area contributed by atoms with Gasteiger partial charge < -0.3 is 10.6 Å². The molecule has 2 heterocycles. The average Bonchev–Trinajstić information content (AvgIpc) is 2.67. The summed E-state index contributed by atoms with van der Waals surface area (Å²) in [5.41, 5.74) is 2.57. The predicted octanol–water partition coefficient (Wildman–Crippen LogP) is 2.91. The molecule has 2 aromatic heterocycles. The summed E-state index contributed by atoms with van der Waals surface area (Å²) in [5.74, 6) is 0. The third-order valence-electron chi connectivity index (χ3n) is 3.73. The first-order valence-electron chi connectivity index (χ1n) is 8.41. The normalized spacial score (nSPS) is 10.9. The van der Waals surface area contributed by atoms with Gasteiger partial charge in [-0.15, -0.1) is 0 Å². The van der Waals surface area contributed by atoms with Gasteiger partial charge in [-0.05, 0) is 54.4 Å². The summed E-state index contributed by atoms with van der Waals surface area (Å²) < 4.78 is 27.4. The highest BCUT2D eigenvalue weighted by Gasteiger charge is 2.14. The highest BCUT2D eigenvalue weighted by molar-refractivity contribution is 7.92.